The molecule has 0 atom stereocenters. The first-order valence-electron chi connectivity index (χ1n) is 16.4. The van der Waals surface area contributed by atoms with Crippen molar-refractivity contribution in [1.82, 2.24) is 9.97 Å². The third-order valence-electron chi connectivity index (χ3n) is 6.89. The van der Waals surface area contributed by atoms with Crippen LogP contribution in [-0.4, -0.2) is 9.97 Å². The van der Waals surface area contributed by atoms with Crippen molar-refractivity contribution in [3.8, 4) is 22.5 Å². The number of pyridine rings is 2. The van der Waals surface area contributed by atoms with E-state index in [1.807, 2.05) is 79.9 Å². The topological polar surface area (TPSA) is 38.9 Å². The summed E-state index contributed by atoms with van der Waals surface area (Å²) in [7, 11) is 0. The van der Waals surface area contributed by atoms with Crippen LogP contribution in [0.15, 0.2) is 108 Å². The molecule has 0 aliphatic heterocycles. The SMILES string of the molecule is Cc1ccc(-c2[c-]cccc2)nc1.[2H]C([2H])([2H])c1cnc(-c2[c-]ccc3c2oc2c4ccccc4ccc32)cc1C([2H])([2H])C(C)(C)C.[Ir]. The van der Waals surface area contributed by atoms with Crippen LogP contribution in [0.25, 0.3) is 55.2 Å². The van der Waals surface area contributed by atoms with Gasteiger partial charge in [0.05, 0.1) is 5.58 Å². The molecule has 3 heterocycles. The molecule has 3 aromatic heterocycles. The molecule has 0 N–H and O–H groups in total. The van der Waals surface area contributed by atoms with E-state index >= 15 is 0 Å². The first-order chi connectivity index (χ1) is 22.3. The molecule has 0 fully saturated rings. The average Bonchev–Trinajstić information content (AvgIpc) is 3.44. The summed E-state index contributed by atoms with van der Waals surface area (Å²) in [5.41, 5.74) is 4.73. The maximum atomic E-state index is 8.80. The third-order valence-corrected chi connectivity index (χ3v) is 6.89. The first-order valence-corrected chi connectivity index (χ1v) is 13.9. The Hall–Kier alpha value is -4.11. The van der Waals surface area contributed by atoms with Crippen LogP contribution in [0.3, 0.4) is 0 Å². The molecule has 0 unspecified atom stereocenters. The minimum atomic E-state index is -2.49. The van der Waals surface area contributed by atoms with Crippen molar-refractivity contribution in [2.24, 2.45) is 5.41 Å². The van der Waals surface area contributed by atoms with Crippen molar-refractivity contribution < 1.29 is 31.4 Å². The molecule has 4 heteroatoms. The molecular formula is C39H34IrN2O-2. The van der Waals surface area contributed by atoms with Gasteiger partial charge < -0.3 is 14.4 Å². The fourth-order valence-corrected chi connectivity index (χ4v) is 4.94. The molecule has 0 aliphatic rings. The van der Waals surface area contributed by atoms with Gasteiger partial charge in [0, 0.05) is 50.1 Å². The maximum absolute atomic E-state index is 8.80. The fourth-order valence-electron chi connectivity index (χ4n) is 4.94. The second-order valence-corrected chi connectivity index (χ2v) is 11.3. The zero-order valence-corrected chi connectivity index (χ0v) is 26.8. The summed E-state index contributed by atoms with van der Waals surface area (Å²) in [5.74, 6) is 0. The molecule has 4 aromatic carbocycles. The summed E-state index contributed by atoms with van der Waals surface area (Å²) in [5, 5.41) is 3.93. The van der Waals surface area contributed by atoms with Gasteiger partial charge >= 0.3 is 0 Å². The molecule has 0 saturated carbocycles. The van der Waals surface area contributed by atoms with Gasteiger partial charge in [-0.3, -0.25) is 0 Å². The summed E-state index contributed by atoms with van der Waals surface area (Å²) in [6.07, 6.45) is 1.23. The molecule has 7 aromatic rings. The van der Waals surface area contributed by atoms with Crippen LogP contribution in [0.4, 0.5) is 0 Å². The number of aromatic nitrogens is 2. The largest absolute Gasteiger partial charge is 0.500 e. The van der Waals surface area contributed by atoms with E-state index in [-0.39, 0.29) is 31.2 Å². The number of hydrogen-bond donors (Lipinski definition) is 0. The quantitative estimate of drug-likeness (QED) is 0.169. The molecular weight excluding hydrogens is 705 g/mol. The van der Waals surface area contributed by atoms with Gasteiger partial charge in [-0.2, -0.15) is 0 Å². The molecule has 3 nitrogen and oxygen atoms in total. The summed E-state index contributed by atoms with van der Waals surface area (Å²) < 4.78 is 47.8. The first kappa shape index (κ1) is 24.3. The molecule has 7 rings (SSSR count). The van der Waals surface area contributed by atoms with Crippen LogP contribution in [0, 0.1) is 31.3 Å². The Kier molecular flexibility index (Phi) is 7.15. The number of hydrogen-bond acceptors (Lipinski definition) is 3. The van der Waals surface area contributed by atoms with Gasteiger partial charge in [-0.1, -0.05) is 91.9 Å². The van der Waals surface area contributed by atoms with Gasteiger partial charge in [0.25, 0.3) is 0 Å². The normalized spacial score (nSPS) is 13.6. The second-order valence-electron chi connectivity index (χ2n) is 11.3. The van der Waals surface area contributed by atoms with E-state index in [0.29, 0.717) is 16.8 Å². The van der Waals surface area contributed by atoms with Gasteiger partial charge in [0.1, 0.15) is 5.58 Å². The summed E-state index contributed by atoms with van der Waals surface area (Å²) in [6, 6.07) is 35.6. The molecule has 1 radical (unpaired) electrons. The Morgan fingerprint density at radius 2 is 1.58 bits per heavy atom. The van der Waals surface area contributed by atoms with E-state index in [4.69, 9.17) is 11.3 Å². The average molecular weight is 744 g/mol. The van der Waals surface area contributed by atoms with Crippen LogP contribution < -0.4 is 0 Å². The molecule has 0 saturated heterocycles. The molecule has 0 bridgehead atoms. The van der Waals surface area contributed by atoms with Crippen LogP contribution in [0.5, 0.6) is 0 Å². The number of nitrogens with zero attached hydrogens (tertiary/aromatic N) is 2. The Morgan fingerprint density at radius 3 is 2.33 bits per heavy atom. The zero-order valence-electron chi connectivity index (χ0n) is 29.5. The van der Waals surface area contributed by atoms with Gasteiger partial charge in [0.15, 0.2) is 0 Å². The minimum absolute atomic E-state index is 0. The van der Waals surface area contributed by atoms with Crippen LogP contribution in [0.2, 0.25) is 0 Å². The van der Waals surface area contributed by atoms with Gasteiger partial charge in [-0.25, -0.2) is 0 Å². The Bertz CT molecular complexity index is 2200. The molecule has 217 valence electrons. The second kappa shape index (κ2) is 12.6. The fraction of sp³-hybridized carbons (Fsp3) is 0.179. The van der Waals surface area contributed by atoms with Crippen LogP contribution in [0.1, 0.15) is 44.3 Å². The van der Waals surface area contributed by atoms with Gasteiger partial charge in [-0.15, -0.1) is 54.1 Å². The number of benzene rings is 4. The summed E-state index contributed by atoms with van der Waals surface area (Å²) in [4.78, 5) is 8.75. The minimum Gasteiger partial charge on any atom is -0.500 e. The molecule has 0 aliphatic carbocycles. The monoisotopic (exact) mass is 744 g/mol. The van der Waals surface area contributed by atoms with Crippen LogP contribution >= 0.6 is 0 Å². The third kappa shape index (κ3) is 6.62. The van der Waals surface area contributed by atoms with E-state index in [0.717, 1.165) is 38.4 Å². The van der Waals surface area contributed by atoms with E-state index in [2.05, 4.69) is 34.2 Å². The number of aryl methyl sites for hydroxylation is 2. The van der Waals surface area contributed by atoms with Crippen molar-refractivity contribution in [2.45, 2.75) is 40.9 Å². The van der Waals surface area contributed by atoms with Gasteiger partial charge in [0.2, 0.25) is 0 Å². The Labute approximate surface area is 274 Å². The standard InChI is InChI=1S/C27H24NO.C12H10N.Ir/c1-17-16-28-24(14-19(17)15-27(2,3)4)23-11-7-10-21-22-13-12-18-8-5-6-9-20(18)25(22)29-26(21)23;1-10-7-8-12(13-9-10)11-5-3-2-4-6-11;/h5-10,12-14,16H,15H2,1-4H3;2-5,7-9H,1H3;/q2*-1;/i1D3,15D2;;. The predicted molar refractivity (Wildman–Crippen MR) is 174 cm³/mol. The van der Waals surface area contributed by atoms with E-state index in [1.165, 1.54) is 11.8 Å². The maximum Gasteiger partial charge on any atom is 0.128 e. The summed E-state index contributed by atoms with van der Waals surface area (Å²) in [6.45, 7) is 4.81. The predicted octanol–water partition coefficient (Wildman–Crippen LogP) is 10.4. The van der Waals surface area contributed by atoms with E-state index in [9.17, 15) is 0 Å². The number of fused-ring (bicyclic) bond motifs is 5. The number of furan rings is 1. The zero-order chi connectivity index (χ0) is 33.6. The Balaban J connectivity index is 0.000000270. The van der Waals surface area contributed by atoms with Crippen molar-refractivity contribution in [3.63, 3.8) is 0 Å². The Morgan fingerprint density at radius 1 is 0.791 bits per heavy atom. The molecule has 43 heavy (non-hydrogen) atoms. The van der Waals surface area contributed by atoms with Crippen molar-refractivity contribution in [3.05, 3.63) is 132 Å². The van der Waals surface area contributed by atoms with Crippen LogP contribution in [-0.2, 0) is 26.5 Å². The van der Waals surface area contributed by atoms with Gasteiger partial charge in [-0.05, 0) is 53.5 Å². The molecule has 0 amide bonds. The van der Waals surface area contributed by atoms with E-state index in [1.54, 1.807) is 32.9 Å². The van der Waals surface area contributed by atoms with Crippen molar-refractivity contribution in [1.29, 1.82) is 0 Å². The molecule has 0 spiro atoms. The van der Waals surface area contributed by atoms with E-state index < -0.39 is 18.6 Å². The van der Waals surface area contributed by atoms with Crippen molar-refractivity contribution in [2.75, 3.05) is 0 Å². The van der Waals surface area contributed by atoms with Crippen molar-refractivity contribution >= 4 is 32.7 Å². The number of rotatable bonds is 3. The smallest absolute Gasteiger partial charge is 0.128 e. The summed E-state index contributed by atoms with van der Waals surface area (Å²) >= 11 is 0.